The van der Waals surface area contributed by atoms with E-state index in [1.165, 1.54) is 0 Å². The molecule has 23 heavy (non-hydrogen) atoms. The minimum absolute atomic E-state index is 0.369. The fourth-order valence-corrected chi connectivity index (χ4v) is 2.41. The number of carbonyl (C=O) groups excluding carboxylic acids is 1. The monoisotopic (exact) mass is 311 g/mol. The lowest BCUT2D eigenvalue weighted by Crippen LogP contribution is -2.35. The van der Waals surface area contributed by atoms with Gasteiger partial charge in [0.2, 0.25) is 5.91 Å². The van der Waals surface area contributed by atoms with E-state index in [2.05, 4.69) is 5.32 Å². The van der Waals surface area contributed by atoms with Crippen LogP contribution in [0.4, 0.5) is 0 Å². The van der Waals surface area contributed by atoms with E-state index in [0.717, 1.165) is 11.1 Å². The van der Waals surface area contributed by atoms with Gasteiger partial charge < -0.3 is 16.2 Å². The van der Waals surface area contributed by atoms with Crippen molar-refractivity contribution in [2.24, 2.45) is 5.73 Å². The summed E-state index contributed by atoms with van der Waals surface area (Å²) in [7, 11) is 0. The van der Waals surface area contributed by atoms with Crippen LogP contribution in [-0.2, 0) is 11.2 Å². The molecule has 4 nitrogen and oxygen atoms in total. The Morgan fingerprint density at radius 1 is 1.04 bits per heavy atom. The van der Waals surface area contributed by atoms with Gasteiger partial charge in [-0.3, -0.25) is 4.79 Å². The van der Waals surface area contributed by atoms with Crippen molar-refractivity contribution in [3.63, 3.8) is 0 Å². The smallest absolute Gasteiger partial charge is 0.226 e. The Hall–Kier alpha value is -2.17. The molecular formula is C19H23N2O2. The molecule has 0 aliphatic heterocycles. The van der Waals surface area contributed by atoms with Crippen molar-refractivity contribution in [1.29, 1.82) is 0 Å². The van der Waals surface area contributed by atoms with E-state index in [0.29, 0.717) is 19.5 Å². The van der Waals surface area contributed by atoms with Crippen molar-refractivity contribution in [2.45, 2.75) is 18.4 Å². The fraction of sp³-hybridized carbons (Fsp3) is 0.263. The maximum Gasteiger partial charge on any atom is 0.226 e. The molecule has 4 heteroatoms. The molecule has 1 amide bonds. The van der Waals surface area contributed by atoms with Crippen LogP contribution in [0.2, 0.25) is 0 Å². The summed E-state index contributed by atoms with van der Waals surface area (Å²) in [5, 5.41) is 13.1. The molecule has 4 N–H and O–H groups in total. The topological polar surface area (TPSA) is 75.4 Å². The SMILES string of the molecule is NC(=O)C(CNC[C@@H](O)[CH]Cc1ccccc1)c1ccccc1. The molecule has 0 saturated carbocycles. The highest BCUT2D eigenvalue weighted by atomic mass is 16.3. The number of aliphatic hydroxyl groups is 1. The maximum atomic E-state index is 11.6. The standard InChI is InChI=1S/C19H23N2O2/c20-19(23)18(16-9-5-2-6-10-16)14-21-13-17(22)12-11-15-7-3-1-4-8-15/h1-10,12,17-18,21-22H,11,13-14H2,(H2,20,23)/t17-,18?/m0/s1. The highest BCUT2D eigenvalue weighted by molar-refractivity contribution is 5.82. The van der Waals surface area contributed by atoms with Crippen LogP contribution in [0.3, 0.4) is 0 Å². The van der Waals surface area contributed by atoms with E-state index >= 15 is 0 Å². The van der Waals surface area contributed by atoms with Crippen molar-refractivity contribution in [3.8, 4) is 0 Å². The predicted octanol–water partition coefficient (Wildman–Crippen LogP) is 1.65. The Kier molecular flexibility index (Phi) is 6.78. The molecule has 0 heterocycles. The number of rotatable bonds is 9. The second kappa shape index (κ2) is 9.08. The molecule has 2 atom stereocenters. The zero-order valence-electron chi connectivity index (χ0n) is 13.1. The number of primary amides is 1. The van der Waals surface area contributed by atoms with Crippen molar-refractivity contribution < 1.29 is 9.90 Å². The van der Waals surface area contributed by atoms with Crippen LogP contribution in [0.5, 0.6) is 0 Å². The first-order valence-electron chi connectivity index (χ1n) is 7.77. The summed E-state index contributed by atoms with van der Waals surface area (Å²) in [6, 6.07) is 19.4. The first kappa shape index (κ1) is 17.2. The molecule has 121 valence electrons. The highest BCUT2D eigenvalue weighted by Gasteiger charge is 2.17. The van der Waals surface area contributed by atoms with E-state index in [1.54, 1.807) is 0 Å². The number of carbonyl (C=O) groups is 1. The largest absolute Gasteiger partial charge is 0.391 e. The van der Waals surface area contributed by atoms with Crippen molar-refractivity contribution >= 4 is 5.91 Å². The minimum atomic E-state index is -0.570. The number of benzene rings is 2. The van der Waals surface area contributed by atoms with Crippen LogP contribution in [0, 0.1) is 6.42 Å². The lowest BCUT2D eigenvalue weighted by Gasteiger charge is -2.17. The summed E-state index contributed by atoms with van der Waals surface area (Å²) < 4.78 is 0. The van der Waals surface area contributed by atoms with Gasteiger partial charge in [0, 0.05) is 13.1 Å². The number of nitrogens with two attached hydrogens (primary N) is 1. The van der Waals surface area contributed by atoms with Crippen LogP contribution in [0.15, 0.2) is 60.7 Å². The second-order valence-corrected chi connectivity index (χ2v) is 5.52. The quantitative estimate of drug-likeness (QED) is 0.659. The van der Waals surface area contributed by atoms with Gasteiger partial charge in [-0.2, -0.15) is 0 Å². The summed E-state index contributed by atoms with van der Waals surface area (Å²) in [6.07, 6.45) is 1.99. The van der Waals surface area contributed by atoms with E-state index < -0.39 is 12.0 Å². The van der Waals surface area contributed by atoms with Gasteiger partial charge in [0.05, 0.1) is 12.0 Å². The van der Waals surface area contributed by atoms with Crippen molar-refractivity contribution in [2.75, 3.05) is 13.1 Å². The van der Waals surface area contributed by atoms with E-state index in [1.807, 2.05) is 67.1 Å². The normalized spacial score (nSPS) is 13.4. The Bertz CT molecular complexity index is 587. The Morgan fingerprint density at radius 2 is 1.65 bits per heavy atom. The van der Waals surface area contributed by atoms with Gasteiger partial charge in [-0.1, -0.05) is 60.7 Å². The van der Waals surface area contributed by atoms with Crippen LogP contribution in [-0.4, -0.2) is 30.2 Å². The molecular weight excluding hydrogens is 288 g/mol. The third kappa shape index (κ3) is 5.85. The average Bonchev–Trinajstić information content (AvgIpc) is 2.58. The number of hydrogen-bond acceptors (Lipinski definition) is 3. The average molecular weight is 311 g/mol. The van der Waals surface area contributed by atoms with E-state index in [4.69, 9.17) is 5.73 Å². The van der Waals surface area contributed by atoms with Crippen molar-refractivity contribution in [3.05, 3.63) is 78.2 Å². The van der Waals surface area contributed by atoms with E-state index in [-0.39, 0.29) is 5.91 Å². The zero-order valence-corrected chi connectivity index (χ0v) is 13.1. The minimum Gasteiger partial charge on any atom is -0.391 e. The number of aliphatic hydroxyl groups excluding tert-OH is 1. The lowest BCUT2D eigenvalue weighted by molar-refractivity contribution is -0.119. The molecule has 1 radical (unpaired) electrons. The Morgan fingerprint density at radius 3 is 2.26 bits per heavy atom. The molecule has 0 bridgehead atoms. The summed E-state index contributed by atoms with van der Waals surface area (Å²) in [4.78, 5) is 11.6. The first-order chi connectivity index (χ1) is 11.2. The van der Waals surface area contributed by atoms with Gasteiger partial charge in [-0.15, -0.1) is 0 Å². The van der Waals surface area contributed by atoms with Crippen LogP contribution >= 0.6 is 0 Å². The fourth-order valence-electron chi connectivity index (χ4n) is 2.41. The molecule has 0 aromatic heterocycles. The molecule has 0 aliphatic carbocycles. The molecule has 2 rings (SSSR count). The summed E-state index contributed by atoms with van der Waals surface area (Å²) in [5.41, 5.74) is 7.51. The Balaban J connectivity index is 1.75. The van der Waals surface area contributed by atoms with Crippen molar-refractivity contribution in [1.82, 2.24) is 5.32 Å². The summed E-state index contributed by atoms with van der Waals surface area (Å²) in [5.74, 6) is -0.760. The molecule has 0 aliphatic rings. The van der Waals surface area contributed by atoms with Gasteiger partial charge in [0.1, 0.15) is 0 Å². The molecule has 0 fully saturated rings. The zero-order chi connectivity index (χ0) is 16.5. The molecule has 0 saturated heterocycles. The third-order valence-electron chi connectivity index (χ3n) is 3.72. The molecule has 1 unspecified atom stereocenters. The predicted molar refractivity (Wildman–Crippen MR) is 91.7 cm³/mol. The Labute approximate surface area is 137 Å². The third-order valence-corrected chi connectivity index (χ3v) is 3.72. The van der Waals surface area contributed by atoms with Crippen LogP contribution < -0.4 is 11.1 Å². The molecule has 0 spiro atoms. The van der Waals surface area contributed by atoms with Gasteiger partial charge in [0.25, 0.3) is 0 Å². The maximum absolute atomic E-state index is 11.6. The molecule has 2 aromatic carbocycles. The number of amides is 1. The van der Waals surface area contributed by atoms with Gasteiger partial charge in [-0.05, 0) is 24.0 Å². The van der Waals surface area contributed by atoms with Gasteiger partial charge in [-0.25, -0.2) is 0 Å². The first-order valence-corrected chi connectivity index (χ1v) is 7.77. The second-order valence-electron chi connectivity index (χ2n) is 5.52. The number of nitrogens with one attached hydrogen (secondary N) is 1. The summed E-state index contributed by atoms with van der Waals surface area (Å²) >= 11 is 0. The highest BCUT2D eigenvalue weighted by Crippen LogP contribution is 2.14. The van der Waals surface area contributed by atoms with Gasteiger partial charge >= 0.3 is 0 Å². The van der Waals surface area contributed by atoms with Crippen LogP contribution in [0.1, 0.15) is 17.0 Å². The van der Waals surface area contributed by atoms with E-state index in [9.17, 15) is 9.90 Å². The summed E-state index contributed by atoms with van der Waals surface area (Å²) in [6.45, 7) is 0.805. The number of hydrogen-bond donors (Lipinski definition) is 3. The van der Waals surface area contributed by atoms with Crippen LogP contribution in [0.25, 0.3) is 0 Å². The van der Waals surface area contributed by atoms with Gasteiger partial charge in [0.15, 0.2) is 0 Å². The molecule has 2 aromatic rings. The lowest BCUT2D eigenvalue weighted by atomic mass is 9.98.